The van der Waals surface area contributed by atoms with E-state index in [4.69, 9.17) is 11.6 Å². The van der Waals surface area contributed by atoms with Crippen LogP contribution < -0.4 is 5.32 Å². The zero-order valence-corrected chi connectivity index (χ0v) is 12.4. The molecule has 0 fully saturated rings. The first-order chi connectivity index (χ1) is 10.8. The van der Waals surface area contributed by atoms with Crippen molar-refractivity contribution in [1.82, 2.24) is 10.3 Å². The highest BCUT2D eigenvalue weighted by Crippen LogP contribution is 2.30. The number of benzene rings is 1. The summed E-state index contributed by atoms with van der Waals surface area (Å²) in [4.78, 5) is 15.6. The van der Waals surface area contributed by atoms with E-state index in [1.165, 1.54) is 30.5 Å². The number of rotatable bonds is 4. The van der Waals surface area contributed by atoms with E-state index < -0.39 is 23.8 Å². The number of pyridine rings is 1. The van der Waals surface area contributed by atoms with Crippen molar-refractivity contribution >= 4 is 17.5 Å². The van der Waals surface area contributed by atoms with Gasteiger partial charge in [-0.3, -0.25) is 4.79 Å². The Balaban J connectivity index is 2.01. The monoisotopic (exact) mass is 344 g/mol. The number of nitrogens with one attached hydrogen (secondary N) is 1. The topological polar surface area (TPSA) is 62.2 Å². The van der Waals surface area contributed by atoms with Gasteiger partial charge >= 0.3 is 6.18 Å². The highest BCUT2D eigenvalue weighted by atomic mass is 35.5. The fourth-order valence-electron chi connectivity index (χ4n) is 1.84. The first kappa shape index (κ1) is 17.2. The Morgan fingerprint density at radius 3 is 2.65 bits per heavy atom. The van der Waals surface area contributed by atoms with E-state index in [1.54, 1.807) is 0 Å². The summed E-state index contributed by atoms with van der Waals surface area (Å²) in [6.07, 6.45) is -4.50. The van der Waals surface area contributed by atoms with E-state index in [2.05, 4.69) is 10.3 Å². The number of carbonyl (C=O) groups is 1. The van der Waals surface area contributed by atoms with Crippen LogP contribution in [0.25, 0.3) is 0 Å². The first-order valence-electron chi connectivity index (χ1n) is 6.52. The lowest BCUT2D eigenvalue weighted by atomic mass is 10.1. The molecule has 0 saturated carbocycles. The quantitative estimate of drug-likeness (QED) is 0.837. The van der Waals surface area contributed by atoms with Gasteiger partial charge in [-0.1, -0.05) is 23.7 Å². The molecule has 1 atom stereocenters. The molecule has 1 heterocycles. The van der Waals surface area contributed by atoms with Crippen molar-refractivity contribution in [2.45, 2.75) is 12.3 Å². The minimum Gasteiger partial charge on any atom is -0.387 e. The number of alkyl halides is 3. The molecule has 2 N–H and O–H groups in total. The Morgan fingerprint density at radius 2 is 2.04 bits per heavy atom. The zero-order valence-electron chi connectivity index (χ0n) is 11.6. The third-order valence-electron chi connectivity index (χ3n) is 3.04. The minimum atomic E-state index is -4.49. The average Bonchev–Trinajstić information content (AvgIpc) is 2.52. The zero-order chi connectivity index (χ0) is 17.0. The third-order valence-corrected chi connectivity index (χ3v) is 3.27. The Hall–Kier alpha value is -2.12. The van der Waals surface area contributed by atoms with Crippen molar-refractivity contribution in [2.24, 2.45) is 0 Å². The molecule has 1 unspecified atom stereocenters. The number of hydrogen-bond donors (Lipinski definition) is 2. The molecule has 0 bridgehead atoms. The van der Waals surface area contributed by atoms with Gasteiger partial charge in [0.05, 0.1) is 17.2 Å². The van der Waals surface area contributed by atoms with Crippen LogP contribution in [-0.2, 0) is 6.18 Å². The fourth-order valence-corrected chi connectivity index (χ4v) is 1.95. The molecule has 0 aliphatic carbocycles. The van der Waals surface area contributed by atoms with E-state index in [0.29, 0.717) is 0 Å². The number of hydrogen-bond acceptors (Lipinski definition) is 3. The molecule has 8 heteroatoms. The van der Waals surface area contributed by atoms with Crippen LogP contribution in [0.2, 0.25) is 5.15 Å². The van der Waals surface area contributed by atoms with Crippen LogP contribution in [0.1, 0.15) is 27.6 Å². The van der Waals surface area contributed by atoms with Crippen molar-refractivity contribution in [2.75, 3.05) is 6.54 Å². The van der Waals surface area contributed by atoms with Crippen LogP contribution in [0.15, 0.2) is 42.6 Å². The summed E-state index contributed by atoms with van der Waals surface area (Å²) in [6.45, 7) is -0.233. The SMILES string of the molecule is O=C(NCC(O)c1cccc(C(F)(F)F)c1)c1ccc(Cl)nc1. The van der Waals surface area contributed by atoms with Crippen LogP contribution in [-0.4, -0.2) is 22.5 Å². The molecule has 1 aromatic heterocycles. The second-order valence-corrected chi connectivity index (χ2v) is 5.11. The van der Waals surface area contributed by atoms with Gasteiger partial charge in [0.2, 0.25) is 0 Å². The second kappa shape index (κ2) is 6.97. The summed E-state index contributed by atoms with van der Waals surface area (Å²) in [5.41, 5.74) is -0.567. The summed E-state index contributed by atoms with van der Waals surface area (Å²) in [5.74, 6) is -0.514. The van der Waals surface area contributed by atoms with E-state index in [0.717, 1.165) is 12.1 Å². The maximum absolute atomic E-state index is 12.6. The van der Waals surface area contributed by atoms with Crippen LogP contribution in [0, 0.1) is 0 Å². The molecule has 122 valence electrons. The predicted molar refractivity (Wildman–Crippen MR) is 78.0 cm³/mol. The Kier molecular flexibility index (Phi) is 5.23. The Morgan fingerprint density at radius 1 is 1.30 bits per heavy atom. The number of nitrogens with zero attached hydrogens (tertiary/aromatic N) is 1. The highest BCUT2D eigenvalue weighted by Gasteiger charge is 2.30. The van der Waals surface area contributed by atoms with Crippen molar-refractivity contribution in [1.29, 1.82) is 0 Å². The summed E-state index contributed by atoms with van der Waals surface area (Å²) < 4.78 is 37.9. The van der Waals surface area contributed by atoms with Crippen LogP contribution >= 0.6 is 11.6 Å². The van der Waals surface area contributed by atoms with Crippen LogP contribution in [0.3, 0.4) is 0 Å². The van der Waals surface area contributed by atoms with Gasteiger partial charge in [0, 0.05) is 12.7 Å². The summed E-state index contributed by atoms with van der Waals surface area (Å²) in [6, 6.07) is 7.19. The Bertz CT molecular complexity index is 690. The number of aliphatic hydroxyl groups is 1. The lowest BCUT2D eigenvalue weighted by Gasteiger charge is -2.14. The molecule has 0 aliphatic rings. The predicted octanol–water partition coefficient (Wildman–Crippen LogP) is 3.22. The molecular weight excluding hydrogens is 333 g/mol. The summed E-state index contributed by atoms with van der Waals surface area (Å²) >= 11 is 5.60. The standard InChI is InChI=1S/C15H12ClF3N2O2/c16-13-5-4-10(7-20-13)14(23)21-8-12(22)9-2-1-3-11(6-9)15(17,18)19/h1-7,12,22H,8H2,(H,21,23). The lowest BCUT2D eigenvalue weighted by Crippen LogP contribution is -2.28. The summed E-state index contributed by atoms with van der Waals surface area (Å²) in [7, 11) is 0. The smallest absolute Gasteiger partial charge is 0.387 e. The number of carbonyl (C=O) groups excluding carboxylic acids is 1. The molecular formula is C15H12ClF3N2O2. The molecule has 1 aromatic carbocycles. The Labute approximate surface area is 134 Å². The maximum atomic E-state index is 12.6. The second-order valence-electron chi connectivity index (χ2n) is 4.72. The van der Waals surface area contributed by atoms with Crippen molar-refractivity contribution in [3.63, 3.8) is 0 Å². The van der Waals surface area contributed by atoms with Crippen molar-refractivity contribution in [3.8, 4) is 0 Å². The van der Waals surface area contributed by atoms with Gasteiger partial charge < -0.3 is 10.4 Å². The average molecular weight is 345 g/mol. The van der Waals surface area contributed by atoms with E-state index in [1.807, 2.05) is 0 Å². The largest absolute Gasteiger partial charge is 0.416 e. The van der Waals surface area contributed by atoms with Gasteiger partial charge in [0.25, 0.3) is 5.91 Å². The van der Waals surface area contributed by atoms with Gasteiger partial charge in [-0.25, -0.2) is 4.98 Å². The van der Waals surface area contributed by atoms with E-state index in [-0.39, 0.29) is 22.8 Å². The fraction of sp³-hybridized carbons (Fsp3) is 0.200. The molecule has 1 amide bonds. The van der Waals surface area contributed by atoms with Gasteiger partial charge in [-0.15, -0.1) is 0 Å². The highest BCUT2D eigenvalue weighted by molar-refractivity contribution is 6.29. The lowest BCUT2D eigenvalue weighted by molar-refractivity contribution is -0.137. The molecule has 23 heavy (non-hydrogen) atoms. The number of halogens is 4. The maximum Gasteiger partial charge on any atom is 0.416 e. The molecule has 0 saturated heterocycles. The van der Waals surface area contributed by atoms with Crippen molar-refractivity contribution < 1.29 is 23.1 Å². The number of aliphatic hydroxyl groups excluding tert-OH is 1. The molecule has 0 radical (unpaired) electrons. The normalized spacial score (nSPS) is 12.7. The molecule has 4 nitrogen and oxygen atoms in total. The van der Waals surface area contributed by atoms with E-state index >= 15 is 0 Å². The molecule has 2 aromatic rings. The van der Waals surface area contributed by atoms with E-state index in [9.17, 15) is 23.1 Å². The van der Waals surface area contributed by atoms with Gasteiger partial charge in [-0.2, -0.15) is 13.2 Å². The minimum absolute atomic E-state index is 0.0642. The molecule has 0 spiro atoms. The number of amides is 1. The third kappa shape index (κ3) is 4.67. The first-order valence-corrected chi connectivity index (χ1v) is 6.90. The molecule has 2 rings (SSSR count). The number of aromatic nitrogens is 1. The van der Waals surface area contributed by atoms with Gasteiger partial charge in [-0.05, 0) is 29.8 Å². The van der Waals surface area contributed by atoms with Crippen molar-refractivity contribution in [3.05, 3.63) is 64.4 Å². The van der Waals surface area contributed by atoms with Crippen LogP contribution in [0.5, 0.6) is 0 Å². The van der Waals surface area contributed by atoms with Gasteiger partial charge in [0.1, 0.15) is 5.15 Å². The van der Waals surface area contributed by atoms with Gasteiger partial charge in [0.15, 0.2) is 0 Å². The van der Waals surface area contributed by atoms with Crippen LogP contribution in [0.4, 0.5) is 13.2 Å². The summed E-state index contributed by atoms with van der Waals surface area (Å²) in [5, 5.41) is 12.6. The molecule has 0 aliphatic heterocycles.